The Morgan fingerprint density at radius 1 is 1.50 bits per heavy atom. The lowest BCUT2D eigenvalue weighted by molar-refractivity contribution is 0.0689. The van der Waals surface area contributed by atoms with Crippen LogP contribution in [0, 0.1) is 0 Å². The molecule has 3 nitrogen and oxygen atoms in total. The van der Waals surface area contributed by atoms with E-state index in [1.165, 1.54) is 0 Å². The third-order valence-electron chi connectivity index (χ3n) is 2.32. The summed E-state index contributed by atoms with van der Waals surface area (Å²) >= 11 is 0. The molecule has 4 heteroatoms. The largest absolute Gasteiger partial charge is 0.390 e. The Hall–Kier alpha value is -0.350. The highest BCUT2D eigenvalue weighted by Crippen LogP contribution is 2.20. The maximum absolute atomic E-state index is 11.1. The first-order chi connectivity index (χ1) is 6.29. The van der Waals surface area contributed by atoms with Crippen molar-refractivity contribution in [2.24, 2.45) is 0 Å². The molecule has 0 saturated carbocycles. The highest BCUT2D eigenvalue weighted by molar-refractivity contribution is 7.92. The first-order valence-electron chi connectivity index (χ1n) is 4.89. The van der Waals surface area contributed by atoms with Gasteiger partial charge in [-0.05, 0) is 33.1 Å². The van der Waals surface area contributed by atoms with Crippen LogP contribution in [0.15, 0.2) is 11.6 Å². The number of sulfone groups is 1. The zero-order valence-electron chi connectivity index (χ0n) is 8.78. The Morgan fingerprint density at radius 3 is 2.57 bits per heavy atom. The molecule has 1 aliphatic rings. The fourth-order valence-corrected chi connectivity index (χ4v) is 3.00. The second-order valence-electron chi connectivity index (χ2n) is 4.58. The molecule has 82 valence electrons. The van der Waals surface area contributed by atoms with Crippen LogP contribution in [0.1, 0.15) is 33.1 Å². The number of hydrogen-bond acceptors (Lipinski definition) is 3. The van der Waals surface area contributed by atoms with E-state index in [-0.39, 0.29) is 11.5 Å². The molecule has 14 heavy (non-hydrogen) atoms. The molecule has 1 rings (SSSR count). The predicted octanol–water partition coefficient (Wildman–Crippen LogP) is 1.28. The average molecular weight is 218 g/mol. The van der Waals surface area contributed by atoms with Crippen LogP contribution in [0.2, 0.25) is 0 Å². The van der Waals surface area contributed by atoms with E-state index in [4.69, 9.17) is 0 Å². The van der Waals surface area contributed by atoms with Crippen LogP contribution in [-0.4, -0.2) is 30.6 Å². The summed E-state index contributed by atoms with van der Waals surface area (Å²) in [7, 11) is -2.82. The lowest BCUT2D eigenvalue weighted by atomic mass is 9.99. The smallest absolute Gasteiger partial charge is 0.157 e. The zero-order chi connectivity index (χ0) is 10.8. The number of hydrogen-bond donors (Lipinski definition) is 1. The van der Waals surface area contributed by atoms with Crippen molar-refractivity contribution < 1.29 is 13.5 Å². The summed E-state index contributed by atoms with van der Waals surface area (Å²) in [6.45, 7) is 3.54. The van der Waals surface area contributed by atoms with Crippen LogP contribution in [-0.2, 0) is 9.84 Å². The Bertz CT molecular complexity index is 320. The fraction of sp³-hybridized carbons (Fsp3) is 0.800. The molecule has 0 amide bonds. The molecule has 0 aliphatic carbocycles. The zero-order valence-corrected chi connectivity index (χ0v) is 9.60. The Balaban J connectivity index is 2.28. The fourth-order valence-electron chi connectivity index (χ4n) is 1.57. The van der Waals surface area contributed by atoms with Crippen molar-refractivity contribution in [3.8, 4) is 0 Å². The van der Waals surface area contributed by atoms with E-state index in [2.05, 4.69) is 0 Å². The second kappa shape index (κ2) is 4.03. The lowest BCUT2D eigenvalue weighted by Gasteiger charge is -2.16. The first kappa shape index (κ1) is 11.7. The third-order valence-corrected chi connectivity index (χ3v) is 3.80. The Labute approximate surface area is 85.7 Å². The van der Waals surface area contributed by atoms with E-state index < -0.39 is 15.4 Å². The second-order valence-corrected chi connectivity index (χ2v) is 6.69. The molecule has 0 unspecified atom stereocenters. The highest BCUT2D eigenvalue weighted by Gasteiger charge is 2.20. The molecule has 0 radical (unpaired) electrons. The van der Waals surface area contributed by atoms with Gasteiger partial charge in [0.25, 0.3) is 0 Å². The number of aliphatic hydroxyl groups is 1. The van der Waals surface area contributed by atoms with Crippen molar-refractivity contribution >= 4 is 9.84 Å². The molecule has 0 aromatic heterocycles. The van der Waals surface area contributed by atoms with Gasteiger partial charge in [0.05, 0.1) is 17.1 Å². The van der Waals surface area contributed by atoms with Gasteiger partial charge in [-0.3, -0.25) is 0 Å². The Morgan fingerprint density at radius 2 is 2.14 bits per heavy atom. The van der Waals surface area contributed by atoms with E-state index in [1.54, 1.807) is 19.9 Å². The van der Waals surface area contributed by atoms with Gasteiger partial charge in [-0.2, -0.15) is 0 Å². The minimum Gasteiger partial charge on any atom is -0.390 e. The summed E-state index contributed by atoms with van der Waals surface area (Å²) < 4.78 is 22.2. The third kappa shape index (κ3) is 4.24. The summed E-state index contributed by atoms with van der Waals surface area (Å²) in [5, 5.41) is 9.46. The van der Waals surface area contributed by atoms with Gasteiger partial charge in [0.2, 0.25) is 0 Å². The monoisotopic (exact) mass is 218 g/mol. The van der Waals surface area contributed by atoms with Crippen LogP contribution >= 0.6 is 0 Å². The molecule has 1 N–H and O–H groups in total. The molecule has 0 aromatic carbocycles. The van der Waals surface area contributed by atoms with E-state index >= 15 is 0 Å². The molecule has 0 aromatic rings. The molecule has 1 heterocycles. The van der Waals surface area contributed by atoms with E-state index in [9.17, 15) is 13.5 Å². The molecule has 0 saturated heterocycles. The van der Waals surface area contributed by atoms with Gasteiger partial charge in [-0.1, -0.05) is 11.6 Å². The summed E-state index contributed by atoms with van der Waals surface area (Å²) in [6.07, 6.45) is 4.16. The maximum atomic E-state index is 11.1. The van der Waals surface area contributed by atoms with Crippen molar-refractivity contribution in [2.45, 2.75) is 38.7 Å². The minimum absolute atomic E-state index is 0.199. The van der Waals surface area contributed by atoms with Crippen LogP contribution in [0.25, 0.3) is 0 Å². The normalized spacial score (nSPS) is 20.9. The Kier molecular flexibility index (Phi) is 3.37. The molecular weight excluding hydrogens is 200 g/mol. The van der Waals surface area contributed by atoms with E-state index in [1.807, 2.05) is 0 Å². The summed E-state index contributed by atoms with van der Waals surface area (Å²) in [5.74, 6) is 0.420. The van der Waals surface area contributed by atoms with Gasteiger partial charge in [0, 0.05) is 0 Å². The summed E-state index contributed by atoms with van der Waals surface area (Å²) in [5.41, 5.74) is 0.368. The lowest BCUT2D eigenvalue weighted by Crippen LogP contribution is -2.17. The van der Waals surface area contributed by atoms with Gasteiger partial charge in [0.1, 0.15) is 0 Å². The van der Waals surface area contributed by atoms with Gasteiger partial charge in [0.15, 0.2) is 9.84 Å². The van der Waals surface area contributed by atoms with Crippen molar-refractivity contribution in [1.82, 2.24) is 0 Å². The van der Waals surface area contributed by atoms with Crippen LogP contribution in [0.3, 0.4) is 0 Å². The topological polar surface area (TPSA) is 54.4 Å². The van der Waals surface area contributed by atoms with E-state index in [0.29, 0.717) is 6.42 Å². The van der Waals surface area contributed by atoms with E-state index in [0.717, 1.165) is 18.4 Å². The van der Waals surface area contributed by atoms with Crippen LogP contribution < -0.4 is 0 Å². The molecular formula is C10H18O3S. The van der Waals surface area contributed by atoms with Crippen molar-refractivity contribution in [3.63, 3.8) is 0 Å². The summed E-state index contributed by atoms with van der Waals surface area (Å²) in [4.78, 5) is 0. The number of rotatable bonds is 4. The van der Waals surface area contributed by atoms with Crippen LogP contribution in [0.4, 0.5) is 0 Å². The first-order valence-corrected chi connectivity index (χ1v) is 6.71. The van der Waals surface area contributed by atoms with Gasteiger partial charge < -0.3 is 5.11 Å². The molecule has 0 bridgehead atoms. The molecule has 0 spiro atoms. The summed E-state index contributed by atoms with van der Waals surface area (Å²) in [6, 6.07) is 0. The molecule has 0 fully saturated rings. The average Bonchev–Trinajstić information content (AvgIpc) is 2.27. The highest BCUT2D eigenvalue weighted by atomic mass is 32.2. The van der Waals surface area contributed by atoms with Gasteiger partial charge in [-0.15, -0.1) is 0 Å². The molecule has 0 atom stereocenters. The van der Waals surface area contributed by atoms with Crippen molar-refractivity contribution in [2.75, 3.05) is 11.5 Å². The van der Waals surface area contributed by atoms with Gasteiger partial charge in [-0.25, -0.2) is 8.42 Å². The predicted molar refractivity (Wildman–Crippen MR) is 56.9 cm³/mol. The van der Waals surface area contributed by atoms with Crippen molar-refractivity contribution in [3.05, 3.63) is 11.6 Å². The molecule has 1 aliphatic heterocycles. The quantitative estimate of drug-likeness (QED) is 0.723. The minimum atomic E-state index is -2.82. The SMILES string of the molecule is CC(C)(O)CCCC1=CCS(=O)(=O)C1. The van der Waals surface area contributed by atoms with Gasteiger partial charge >= 0.3 is 0 Å². The maximum Gasteiger partial charge on any atom is 0.157 e. The standard InChI is InChI=1S/C10H18O3S/c1-10(2,11)6-3-4-9-5-7-14(12,13)8-9/h5,11H,3-4,6-8H2,1-2H3. The van der Waals surface area contributed by atoms with Crippen molar-refractivity contribution in [1.29, 1.82) is 0 Å². The van der Waals surface area contributed by atoms with Crippen LogP contribution in [0.5, 0.6) is 0 Å².